The topological polar surface area (TPSA) is 49.6 Å². The van der Waals surface area contributed by atoms with E-state index in [2.05, 4.69) is 29.2 Å². The van der Waals surface area contributed by atoms with Crippen molar-refractivity contribution in [1.82, 2.24) is 9.80 Å². The number of likely N-dealkylation sites (N-methyl/N-ethyl adjacent to an activating group) is 1. The summed E-state index contributed by atoms with van der Waals surface area (Å²) in [7, 11) is 1.88. The molecular weight excluding hydrogens is 286 g/mol. The number of nitrogens with zero attached hydrogens (tertiary/aromatic N) is 2. The minimum atomic E-state index is -0.358. The Kier molecular flexibility index (Phi) is 7.15. The molecule has 0 spiro atoms. The van der Waals surface area contributed by atoms with Crippen LogP contribution in [0.25, 0.3) is 0 Å². The van der Waals surface area contributed by atoms with Gasteiger partial charge in [0.2, 0.25) is 5.91 Å². The fraction of sp³-hybridized carbons (Fsp3) is 0.562. The maximum atomic E-state index is 12.1. The molecule has 5 heteroatoms. The molecule has 1 aliphatic rings. The summed E-state index contributed by atoms with van der Waals surface area (Å²) >= 11 is 0. The zero-order chi connectivity index (χ0) is 14.5. The van der Waals surface area contributed by atoms with Crippen molar-refractivity contribution in [3.05, 3.63) is 35.9 Å². The molecule has 0 radical (unpaired) electrons. The molecule has 1 aromatic rings. The van der Waals surface area contributed by atoms with Gasteiger partial charge in [-0.3, -0.25) is 9.69 Å². The summed E-state index contributed by atoms with van der Waals surface area (Å²) in [5, 5.41) is 0. The second kappa shape index (κ2) is 8.37. The van der Waals surface area contributed by atoms with Crippen LogP contribution in [0.1, 0.15) is 25.3 Å². The van der Waals surface area contributed by atoms with Crippen molar-refractivity contribution in [1.29, 1.82) is 0 Å². The van der Waals surface area contributed by atoms with Crippen molar-refractivity contribution < 1.29 is 4.79 Å². The summed E-state index contributed by atoms with van der Waals surface area (Å²) < 4.78 is 0. The number of hydrogen-bond acceptors (Lipinski definition) is 3. The number of rotatable bonds is 5. The molecule has 2 N–H and O–H groups in total. The molecule has 21 heavy (non-hydrogen) atoms. The van der Waals surface area contributed by atoms with E-state index >= 15 is 0 Å². The van der Waals surface area contributed by atoms with Crippen molar-refractivity contribution >= 4 is 18.3 Å². The van der Waals surface area contributed by atoms with Crippen LogP contribution in [-0.4, -0.2) is 47.9 Å². The van der Waals surface area contributed by atoms with Crippen LogP contribution in [0.4, 0.5) is 0 Å². The van der Waals surface area contributed by atoms with E-state index in [1.54, 1.807) is 0 Å². The Balaban J connectivity index is 0.00000220. The second-order valence-corrected chi connectivity index (χ2v) is 5.63. The van der Waals surface area contributed by atoms with Gasteiger partial charge in [0.05, 0.1) is 6.04 Å². The average Bonchev–Trinajstić information content (AvgIpc) is 2.94. The molecule has 2 rings (SSSR count). The molecule has 1 aliphatic heterocycles. The monoisotopic (exact) mass is 311 g/mol. The first-order chi connectivity index (χ1) is 9.61. The van der Waals surface area contributed by atoms with Crippen LogP contribution in [0.15, 0.2) is 30.3 Å². The van der Waals surface area contributed by atoms with Crippen molar-refractivity contribution in [2.24, 2.45) is 5.73 Å². The quantitative estimate of drug-likeness (QED) is 0.903. The molecule has 0 aliphatic carbocycles. The Hall–Kier alpha value is -1.10. The number of halogens is 1. The Bertz CT molecular complexity index is 440. The van der Waals surface area contributed by atoms with E-state index in [9.17, 15) is 4.79 Å². The van der Waals surface area contributed by atoms with Crippen molar-refractivity contribution in [3.63, 3.8) is 0 Å². The maximum Gasteiger partial charge on any atom is 0.239 e. The van der Waals surface area contributed by atoms with Gasteiger partial charge in [0, 0.05) is 32.7 Å². The lowest BCUT2D eigenvalue weighted by molar-refractivity contribution is -0.133. The third kappa shape index (κ3) is 4.70. The molecule has 1 unspecified atom stereocenters. The van der Waals surface area contributed by atoms with Gasteiger partial charge in [-0.2, -0.15) is 0 Å². The molecule has 1 fully saturated rings. The fourth-order valence-electron chi connectivity index (χ4n) is 2.73. The molecule has 0 bridgehead atoms. The van der Waals surface area contributed by atoms with Gasteiger partial charge >= 0.3 is 0 Å². The molecule has 2 atom stereocenters. The van der Waals surface area contributed by atoms with E-state index in [0.29, 0.717) is 12.5 Å². The molecule has 0 saturated carbocycles. The summed E-state index contributed by atoms with van der Waals surface area (Å²) in [5.41, 5.74) is 7.16. The zero-order valence-electron chi connectivity index (χ0n) is 12.9. The molecule has 1 saturated heterocycles. The van der Waals surface area contributed by atoms with Gasteiger partial charge in [0.15, 0.2) is 0 Å². The number of benzene rings is 1. The number of likely N-dealkylation sites (tertiary alicyclic amines) is 1. The highest BCUT2D eigenvalue weighted by molar-refractivity contribution is 5.85. The lowest BCUT2D eigenvalue weighted by atomic mass is 10.1. The zero-order valence-corrected chi connectivity index (χ0v) is 13.7. The lowest BCUT2D eigenvalue weighted by Gasteiger charge is -2.27. The van der Waals surface area contributed by atoms with Gasteiger partial charge in [-0.05, 0) is 18.4 Å². The predicted octanol–water partition coefficient (Wildman–Crippen LogP) is 1.88. The maximum absolute atomic E-state index is 12.1. The summed E-state index contributed by atoms with van der Waals surface area (Å²) in [6.45, 7) is 4.89. The number of nitrogens with two attached hydrogens (primary N) is 1. The van der Waals surface area contributed by atoms with Crippen LogP contribution in [-0.2, 0) is 11.3 Å². The molecule has 1 heterocycles. The van der Waals surface area contributed by atoms with Crippen LogP contribution >= 0.6 is 12.4 Å². The average molecular weight is 312 g/mol. The third-order valence-electron chi connectivity index (χ3n) is 4.15. The number of carbonyl (C=O) groups is 1. The van der Waals surface area contributed by atoms with Gasteiger partial charge in [0.1, 0.15) is 0 Å². The Labute approximate surface area is 133 Å². The first kappa shape index (κ1) is 18.0. The summed E-state index contributed by atoms with van der Waals surface area (Å²) in [5.74, 6) is 0.0686. The Morgan fingerprint density at radius 3 is 2.71 bits per heavy atom. The minimum Gasteiger partial charge on any atom is -0.340 e. The molecule has 4 nitrogen and oxygen atoms in total. The van der Waals surface area contributed by atoms with Gasteiger partial charge in [-0.1, -0.05) is 37.3 Å². The van der Waals surface area contributed by atoms with E-state index in [4.69, 9.17) is 5.73 Å². The van der Waals surface area contributed by atoms with Crippen LogP contribution in [0, 0.1) is 0 Å². The van der Waals surface area contributed by atoms with Crippen molar-refractivity contribution in [2.75, 3.05) is 20.1 Å². The molecule has 1 amide bonds. The Morgan fingerprint density at radius 1 is 1.43 bits per heavy atom. The first-order valence-corrected chi connectivity index (χ1v) is 7.40. The highest BCUT2D eigenvalue weighted by Gasteiger charge is 2.29. The van der Waals surface area contributed by atoms with Crippen molar-refractivity contribution in [3.8, 4) is 0 Å². The van der Waals surface area contributed by atoms with Gasteiger partial charge in [0.25, 0.3) is 0 Å². The van der Waals surface area contributed by atoms with Crippen LogP contribution in [0.3, 0.4) is 0 Å². The first-order valence-electron chi connectivity index (χ1n) is 7.40. The normalized spacial score (nSPS) is 19.9. The summed E-state index contributed by atoms with van der Waals surface area (Å²) in [6.07, 6.45) is 1.73. The van der Waals surface area contributed by atoms with E-state index in [1.807, 2.05) is 24.9 Å². The number of carbonyl (C=O) groups excluding carboxylic acids is 1. The van der Waals surface area contributed by atoms with Gasteiger partial charge in [-0.25, -0.2) is 0 Å². The number of amides is 1. The van der Waals surface area contributed by atoms with E-state index < -0.39 is 0 Å². The van der Waals surface area contributed by atoms with Crippen molar-refractivity contribution in [2.45, 2.75) is 38.4 Å². The standard InChI is InChI=1S/C16H25N3O.ClH/c1-3-15(17)16(20)18(2)14-9-10-19(12-14)11-13-7-5-4-6-8-13;/h4-8,14-15H,3,9-12,17H2,1-2H3;1H/t14?,15-;/m0./s1. The smallest absolute Gasteiger partial charge is 0.239 e. The third-order valence-corrected chi connectivity index (χ3v) is 4.15. The fourth-order valence-corrected chi connectivity index (χ4v) is 2.73. The van der Waals surface area contributed by atoms with Gasteiger partial charge in [-0.15, -0.1) is 12.4 Å². The van der Waals surface area contributed by atoms with E-state index in [1.165, 1.54) is 5.56 Å². The highest BCUT2D eigenvalue weighted by Crippen LogP contribution is 2.17. The summed E-state index contributed by atoms with van der Waals surface area (Å²) in [6, 6.07) is 10.4. The molecule has 1 aromatic carbocycles. The molecule has 118 valence electrons. The number of hydrogen-bond donors (Lipinski definition) is 1. The second-order valence-electron chi connectivity index (χ2n) is 5.63. The Morgan fingerprint density at radius 2 is 2.10 bits per heavy atom. The predicted molar refractivity (Wildman–Crippen MR) is 88.4 cm³/mol. The van der Waals surface area contributed by atoms with Crippen LogP contribution < -0.4 is 5.73 Å². The lowest BCUT2D eigenvalue weighted by Crippen LogP contribution is -2.47. The minimum absolute atomic E-state index is 0. The van der Waals surface area contributed by atoms with Gasteiger partial charge < -0.3 is 10.6 Å². The van der Waals surface area contributed by atoms with E-state index in [0.717, 1.165) is 26.1 Å². The highest BCUT2D eigenvalue weighted by atomic mass is 35.5. The molecular formula is C16H26ClN3O. The largest absolute Gasteiger partial charge is 0.340 e. The van der Waals surface area contributed by atoms with E-state index in [-0.39, 0.29) is 24.4 Å². The van der Waals surface area contributed by atoms with Crippen LogP contribution in [0.2, 0.25) is 0 Å². The van der Waals surface area contributed by atoms with Crippen LogP contribution in [0.5, 0.6) is 0 Å². The molecule has 0 aromatic heterocycles. The summed E-state index contributed by atoms with van der Waals surface area (Å²) in [4.78, 5) is 16.4. The SMILES string of the molecule is CC[C@H](N)C(=O)N(C)C1CCN(Cc2ccccc2)C1.Cl.